The fourth-order valence-corrected chi connectivity index (χ4v) is 4.04. The molecule has 2 aliphatic heterocycles. The molecule has 2 saturated heterocycles. The smallest absolute Gasteiger partial charge is 0.321 e. The van der Waals surface area contributed by atoms with Crippen molar-refractivity contribution in [3.63, 3.8) is 0 Å². The number of carbonyl (C=O) groups is 2. The molecule has 2 aliphatic rings. The standard InChI is InChI=1S/C26H33N5O5/c1-34-22-9-7-20(8-10-22)29-26(33)31-15-13-21(14-16-31)28-23-11-5-19(18-27-23)6-12-24(32)30-36-25-4-2-3-17-35-25/h5-12,18,21,25H,2-4,13-17H2,1H3,(H,27,28)(H,29,33)(H,30,32). The SMILES string of the molecule is COc1ccc(NC(=O)N2CCC(Nc3ccc(C=CC(=O)NOC4CCCCO4)cn3)CC2)cc1. The van der Waals surface area contributed by atoms with Crippen LogP contribution in [0.2, 0.25) is 0 Å². The van der Waals surface area contributed by atoms with Gasteiger partial charge in [0.2, 0.25) is 0 Å². The Morgan fingerprint density at radius 2 is 1.89 bits per heavy atom. The van der Waals surface area contributed by atoms with Gasteiger partial charge in [0, 0.05) is 50.1 Å². The second-order valence-corrected chi connectivity index (χ2v) is 8.75. The number of nitrogens with zero attached hydrogens (tertiary/aromatic N) is 2. The van der Waals surface area contributed by atoms with Crippen molar-refractivity contribution in [3.8, 4) is 5.75 Å². The number of rotatable bonds is 8. The first-order chi connectivity index (χ1) is 17.6. The van der Waals surface area contributed by atoms with E-state index in [1.54, 1.807) is 19.4 Å². The zero-order valence-electron chi connectivity index (χ0n) is 20.4. The molecule has 0 radical (unpaired) electrons. The normalized spacial score (nSPS) is 18.6. The third-order valence-electron chi connectivity index (χ3n) is 6.12. The Kier molecular flexibility index (Phi) is 9.12. The highest BCUT2D eigenvalue weighted by atomic mass is 16.8. The largest absolute Gasteiger partial charge is 0.497 e. The fourth-order valence-electron chi connectivity index (χ4n) is 4.04. The van der Waals surface area contributed by atoms with Crippen molar-refractivity contribution in [2.24, 2.45) is 0 Å². The monoisotopic (exact) mass is 495 g/mol. The van der Waals surface area contributed by atoms with Gasteiger partial charge in [-0.3, -0.25) is 4.79 Å². The number of urea groups is 1. The first-order valence-corrected chi connectivity index (χ1v) is 12.3. The number of ether oxygens (including phenoxy) is 2. The van der Waals surface area contributed by atoms with Gasteiger partial charge in [0.25, 0.3) is 5.91 Å². The predicted molar refractivity (Wildman–Crippen MR) is 136 cm³/mol. The Morgan fingerprint density at radius 3 is 2.56 bits per heavy atom. The molecule has 0 aliphatic carbocycles. The minimum absolute atomic E-state index is 0.103. The third kappa shape index (κ3) is 7.69. The first kappa shape index (κ1) is 25.5. The van der Waals surface area contributed by atoms with Gasteiger partial charge in [0.15, 0.2) is 6.29 Å². The second-order valence-electron chi connectivity index (χ2n) is 8.75. The third-order valence-corrected chi connectivity index (χ3v) is 6.12. The Balaban J connectivity index is 1.17. The van der Waals surface area contributed by atoms with Crippen LogP contribution in [-0.4, -0.2) is 61.0 Å². The first-order valence-electron chi connectivity index (χ1n) is 12.3. The molecule has 0 spiro atoms. The molecule has 3 N–H and O–H groups in total. The predicted octanol–water partition coefficient (Wildman–Crippen LogP) is 3.79. The van der Waals surface area contributed by atoms with Gasteiger partial charge in [-0.2, -0.15) is 0 Å². The number of methoxy groups -OCH3 is 1. The highest BCUT2D eigenvalue weighted by Gasteiger charge is 2.23. The lowest BCUT2D eigenvalue weighted by Crippen LogP contribution is -2.44. The molecule has 0 saturated carbocycles. The number of benzene rings is 1. The number of hydrogen-bond acceptors (Lipinski definition) is 7. The molecule has 3 amide bonds. The summed E-state index contributed by atoms with van der Waals surface area (Å²) < 4.78 is 10.6. The molecular formula is C26H33N5O5. The lowest BCUT2D eigenvalue weighted by molar-refractivity contribution is -0.198. The highest BCUT2D eigenvalue weighted by Crippen LogP contribution is 2.19. The van der Waals surface area contributed by atoms with Crippen LogP contribution in [0.4, 0.5) is 16.3 Å². The topological polar surface area (TPSA) is 114 Å². The molecule has 2 fully saturated rings. The minimum atomic E-state index is -0.377. The highest BCUT2D eigenvalue weighted by molar-refractivity contribution is 5.91. The van der Waals surface area contributed by atoms with Gasteiger partial charge in [-0.05, 0) is 73.7 Å². The van der Waals surface area contributed by atoms with Gasteiger partial charge in [-0.15, -0.1) is 0 Å². The van der Waals surface area contributed by atoms with Gasteiger partial charge in [-0.25, -0.2) is 20.1 Å². The van der Waals surface area contributed by atoms with Gasteiger partial charge < -0.3 is 25.0 Å². The Labute approximate surface area is 211 Å². The molecule has 2 aromatic rings. The van der Waals surface area contributed by atoms with Crippen molar-refractivity contribution in [2.75, 3.05) is 37.4 Å². The Bertz CT molecular complexity index is 1010. The van der Waals surface area contributed by atoms with E-state index in [0.717, 1.165) is 54.9 Å². The van der Waals surface area contributed by atoms with E-state index in [1.807, 2.05) is 41.3 Å². The molecule has 10 nitrogen and oxygen atoms in total. The van der Waals surface area contributed by atoms with Crippen LogP contribution < -0.4 is 20.9 Å². The molecule has 3 heterocycles. The van der Waals surface area contributed by atoms with Crippen LogP contribution in [0.1, 0.15) is 37.7 Å². The van der Waals surface area contributed by atoms with E-state index >= 15 is 0 Å². The van der Waals surface area contributed by atoms with Gasteiger partial charge in [0.05, 0.1) is 7.11 Å². The summed E-state index contributed by atoms with van der Waals surface area (Å²) in [6.45, 7) is 1.97. The number of hydrogen-bond donors (Lipinski definition) is 3. The van der Waals surface area contributed by atoms with E-state index in [9.17, 15) is 9.59 Å². The number of piperidine rings is 1. The quantitative estimate of drug-likeness (QED) is 0.377. The maximum atomic E-state index is 12.6. The molecule has 192 valence electrons. The zero-order valence-corrected chi connectivity index (χ0v) is 20.4. The number of amides is 3. The fraction of sp³-hybridized carbons (Fsp3) is 0.423. The van der Waals surface area contributed by atoms with Gasteiger partial charge in [-0.1, -0.05) is 0 Å². The molecule has 36 heavy (non-hydrogen) atoms. The number of pyridine rings is 1. The van der Waals surface area contributed by atoms with Crippen LogP contribution in [-0.2, 0) is 14.4 Å². The second kappa shape index (κ2) is 12.9. The van der Waals surface area contributed by atoms with E-state index in [0.29, 0.717) is 19.7 Å². The van der Waals surface area contributed by atoms with Gasteiger partial charge in [0.1, 0.15) is 11.6 Å². The molecule has 10 heteroatoms. The maximum absolute atomic E-state index is 12.6. The number of anilines is 2. The summed E-state index contributed by atoms with van der Waals surface area (Å²) in [5.41, 5.74) is 3.94. The van der Waals surface area contributed by atoms with Crippen LogP contribution in [0, 0.1) is 0 Å². The van der Waals surface area contributed by atoms with Crippen LogP contribution >= 0.6 is 0 Å². The summed E-state index contributed by atoms with van der Waals surface area (Å²) in [6, 6.07) is 11.2. The summed E-state index contributed by atoms with van der Waals surface area (Å²) >= 11 is 0. The zero-order chi connectivity index (χ0) is 25.2. The number of hydroxylamine groups is 1. The summed E-state index contributed by atoms with van der Waals surface area (Å²) in [5.74, 6) is 1.16. The molecule has 1 aromatic heterocycles. The summed E-state index contributed by atoms with van der Waals surface area (Å²) in [5, 5.41) is 6.36. The number of likely N-dealkylation sites (tertiary alicyclic amines) is 1. The van der Waals surface area contributed by atoms with Crippen LogP contribution in [0.15, 0.2) is 48.7 Å². The van der Waals surface area contributed by atoms with Crippen LogP contribution in [0.3, 0.4) is 0 Å². The van der Waals surface area contributed by atoms with E-state index < -0.39 is 0 Å². The van der Waals surface area contributed by atoms with E-state index in [-0.39, 0.29) is 24.3 Å². The molecule has 4 rings (SSSR count). The number of nitrogens with one attached hydrogen (secondary N) is 3. The van der Waals surface area contributed by atoms with Crippen molar-refractivity contribution >= 4 is 29.5 Å². The van der Waals surface area contributed by atoms with Crippen molar-refractivity contribution in [2.45, 2.75) is 44.4 Å². The van der Waals surface area contributed by atoms with Gasteiger partial charge >= 0.3 is 6.03 Å². The average Bonchev–Trinajstić information content (AvgIpc) is 2.93. The average molecular weight is 496 g/mol. The van der Waals surface area contributed by atoms with E-state index in [4.69, 9.17) is 14.3 Å². The summed E-state index contributed by atoms with van der Waals surface area (Å²) in [4.78, 5) is 36.0. The van der Waals surface area contributed by atoms with Crippen molar-refractivity contribution < 1.29 is 23.9 Å². The molecular weight excluding hydrogens is 462 g/mol. The molecule has 1 unspecified atom stereocenters. The summed E-state index contributed by atoms with van der Waals surface area (Å²) in [6.07, 6.45) is 8.88. The van der Waals surface area contributed by atoms with Crippen molar-refractivity contribution in [1.82, 2.24) is 15.4 Å². The minimum Gasteiger partial charge on any atom is -0.497 e. The van der Waals surface area contributed by atoms with E-state index in [1.165, 1.54) is 6.08 Å². The lowest BCUT2D eigenvalue weighted by atomic mass is 10.1. The number of aromatic nitrogens is 1. The lowest BCUT2D eigenvalue weighted by Gasteiger charge is -2.32. The van der Waals surface area contributed by atoms with Crippen LogP contribution in [0.5, 0.6) is 5.75 Å². The molecule has 0 bridgehead atoms. The Hall–Kier alpha value is -3.63. The molecule has 1 atom stereocenters. The molecule has 1 aromatic carbocycles. The number of carbonyl (C=O) groups excluding carboxylic acids is 2. The maximum Gasteiger partial charge on any atom is 0.321 e. The van der Waals surface area contributed by atoms with Crippen LogP contribution in [0.25, 0.3) is 6.08 Å². The van der Waals surface area contributed by atoms with Crippen molar-refractivity contribution in [3.05, 3.63) is 54.2 Å². The van der Waals surface area contributed by atoms with Crippen molar-refractivity contribution in [1.29, 1.82) is 0 Å². The van der Waals surface area contributed by atoms with E-state index in [2.05, 4.69) is 21.1 Å². The Morgan fingerprint density at radius 1 is 1.08 bits per heavy atom. The summed E-state index contributed by atoms with van der Waals surface area (Å²) in [7, 11) is 1.61.